The van der Waals surface area contributed by atoms with E-state index >= 15 is 0 Å². The number of halogens is 1. The van der Waals surface area contributed by atoms with Crippen LogP contribution < -0.4 is 15.8 Å². The predicted molar refractivity (Wildman–Crippen MR) is 82.7 cm³/mol. The number of aryl methyl sites for hydroxylation is 1. The van der Waals surface area contributed by atoms with Crippen molar-refractivity contribution < 1.29 is 0 Å². The second-order valence-electron chi connectivity index (χ2n) is 5.19. The Morgan fingerprint density at radius 3 is 2.70 bits per heavy atom. The lowest BCUT2D eigenvalue weighted by Crippen LogP contribution is -2.43. The maximum Gasteiger partial charge on any atom is 0.287 e. The minimum absolute atomic E-state index is 0.181. The molecule has 1 aliphatic rings. The summed E-state index contributed by atoms with van der Waals surface area (Å²) in [5, 5.41) is 7.99. The van der Waals surface area contributed by atoms with Gasteiger partial charge in [0.25, 0.3) is 5.56 Å². The van der Waals surface area contributed by atoms with Gasteiger partial charge in [0.05, 0.1) is 11.9 Å². The van der Waals surface area contributed by atoms with Gasteiger partial charge in [0.1, 0.15) is 5.02 Å². The van der Waals surface area contributed by atoms with Crippen LogP contribution in [0.3, 0.4) is 0 Å². The van der Waals surface area contributed by atoms with E-state index in [-0.39, 0.29) is 5.56 Å². The Labute approximate surface area is 124 Å². The van der Waals surface area contributed by atoms with Gasteiger partial charge in [-0.1, -0.05) is 25.4 Å². The Morgan fingerprint density at radius 1 is 1.40 bits per heavy atom. The summed E-state index contributed by atoms with van der Waals surface area (Å²) in [5.74, 6) is 0. The summed E-state index contributed by atoms with van der Waals surface area (Å²) in [6.07, 6.45) is 4.74. The van der Waals surface area contributed by atoms with Crippen molar-refractivity contribution in [3.63, 3.8) is 0 Å². The third kappa shape index (κ3) is 3.33. The van der Waals surface area contributed by atoms with E-state index in [2.05, 4.69) is 22.2 Å². The number of anilines is 1. The van der Waals surface area contributed by atoms with Crippen molar-refractivity contribution in [2.75, 3.05) is 24.5 Å². The van der Waals surface area contributed by atoms with Crippen LogP contribution in [0.15, 0.2) is 11.0 Å². The fraction of sp³-hybridized carbons (Fsp3) is 0.714. The number of hydrogen-bond donors (Lipinski definition) is 1. The van der Waals surface area contributed by atoms with Gasteiger partial charge in [0.2, 0.25) is 0 Å². The van der Waals surface area contributed by atoms with Crippen molar-refractivity contribution >= 4 is 17.3 Å². The zero-order valence-electron chi connectivity index (χ0n) is 12.2. The molecule has 0 amide bonds. The van der Waals surface area contributed by atoms with Crippen LogP contribution >= 0.6 is 11.6 Å². The van der Waals surface area contributed by atoms with Crippen LogP contribution in [0.25, 0.3) is 0 Å². The highest BCUT2D eigenvalue weighted by atomic mass is 35.5. The van der Waals surface area contributed by atoms with Crippen molar-refractivity contribution in [2.24, 2.45) is 0 Å². The number of rotatable bonds is 5. The second kappa shape index (κ2) is 7.09. The minimum Gasteiger partial charge on any atom is -0.369 e. The SMILES string of the molecule is CCCn1ncc(N2CCC(NCC)CC2)c(Cl)c1=O. The van der Waals surface area contributed by atoms with E-state index in [1.165, 1.54) is 4.68 Å². The molecule has 2 rings (SSSR count). The summed E-state index contributed by atoms with van der Waals surface area (Å²) >= 11 is 6.23. The summed E-state index contributed by atoms with van der Waals surface area (Å²) < 4.78 is 1.44. The van der Waals surface area contributed by atoms with Gasteiger partial charge in [0, 0.05) is 25.7 Å². The molecular weight excluding hydrogens is 276 g/mol. The Kier molecular flexibility index (Phi) is 5.43. The number of nitrogens with zero attached hydrogens (tertiary/aromatic N) is 3. The zero-order valence-corrected chi connectivity index (χ0v) is 13.0. The maximum atomic E-state index is 12.1. The standard InChI is InChI=1S/C14H23ClN4O/c1-3-7-19-14(20)13(15)12(10-17-19)18-8-5-11(6-9-18)16-4-2/h10-11,16H,3-9H2,1-2H3. The van der Waals surface area contributed by atoms with Crippen LogP contribution in [0.4, 0.5) is 5.69 Å². The van der Waals surface area contributed by atoms with Gasteiger partial charge in [-0.15, -0.1) is 0 Å². The van der Waals surface area contributed by atoms with Gasteiger partial charge < -0.3 is 10.2 Å². The van der Waals surface area contributed by atoms with Gasteiger partial charge in [-0.2, -0.15) is 5.10 Å². The highest BCUT2D eigenvalue weighted by molar-refractivity contribution is 6.33. The van der Waals surface area contributed by atoms with Crippen LogP contribution in [-0.4, -0.2) is 35.5 Å². The van der Waals surface area contributed by atoms with Crippen LogP contribution in [0.2, 0.25) is 5.02 Å². The second-order valence-corrected chi connectivity index (χ2v) is 5.57. The predicted octanol–water partition coefficient (Wildman–Crippen LogP) is 1.88. The lowest BCUT2D eigenvalue weighted by Gasteiger charge is -2.34. The average molecular weight is 299 g/mol. The molecule has 0 aliphatic carbocycles. The first-order valence-corrected chi connectivity index (χ1v) is 7.79. The van der Waals surface area contributed by atoms with Gasteiger partial charge >= 0.3 is 0 Å². The molecule has 1 aliphatic heterocycles. The Balaban J connectivity index is 2.11. The molecule has 6 heteroatoms. The number of aromatic nitrogens is 2. The Bertz CT molecular complexity index is 494. The van der Waals surface area contributed by atoms with Crippen molar-refractivity contribution in [2.45, 2.75) is 45.7 Å². The van der Waals surface area contributed by atoms with E-state index in [0.717, 1.165) is 44.6 Å². The van der Waals surface area contributed by atoms with E-state index < -0.39 is 0 Å². The highest BCUT2D eigenvalue weighted by Gasteiger charge is 2.21. The largest absolute Gasteiger partial charge is 0.369 e. The molecule has 0 saturated carbocycles. The molecule has 1 aromatic rings. The quantitative estimate of drug-likeness (QED) is 0.902. The lowest BCUT2D eigenvalue weighted by atomic mass is 10.0. The summed E-state index contributed by atoms with van der Waals surface area (Å²) in [6, 6.07) is 0.573. The van der Waals surface area contributed by atoms with E-state index in [1.54, 1.807) is 6.20 Å². The number of hydrogen-bond acceptors (Lipinski definition) is 4. The van der Waals surface area contributed by atoms with Crippen molar-refractivity contribution in [3.05, 3.63) is 21.6 Å². The molecule has 0 unspecified atom stereocenters. The molecular formula is C14H23ClN4O. The topological polar surface area (TPSA) is 50.2 Å². The molecule has 0 spiro atoms. The number of nitrogens with one attached hydrogen (secondary N) is 1. The summed E-state index contributed by atoms with van der Waals surface area (Å²) in [5.41, 5.74) is 0.596. The van der Waals surface area contributed by atoms with E-state index in [1.807, 2.05) is 6.92 Å². The Morgan fingerprint density at radius 2 is 2.10 bits per heavy atom. The van der Waals surface area contributed by atoms with Gasteiger partial charge in [-0.05, 0) is 25.8 Å². The normalized spacial score (nSPS) is 16.6. The molecule has 0 radical (unpaired) electrons. The molecule has 5 nitrogen and oxygen atoms in total. The molecule has 112 valence electrons. The summed E-state index contributed by atoms with van der Waals surface area (Å²) in [6.45, 7) is 7.58. The smallest absolute Gasteiger partial charge is 0.287 e. The first-order chi connectivity index (χ1) is 9.67. The van der Waals surface area contributed by atoms with E-state index in [0.29, 0.717) is 17.6 Å². The lowest BCUT2D eigenvalue weighted by molar-refractivity contribution is 0.423. The molecule has 0 bridgehead atoms. The molecule has 1 aromatic heterocycles. The van der Waals surface area contributed by atoms with E-state index in [4.69, 9.17) is 11.6 Å². The average Bonchev–Trinajstić information content (AvgIpc) is 2.46. The van der Waals surface area contributed by atoms with Crippen LogP contribution in [-0.2, 0) is 6.54 Å². The van der Waals surface area contributed by atoms with Gasteiger partial charge in [-0.3, -0.25) is 4.79 Å². The maximum absolute atomic E-state index is 12.1. The highest BCUT2D eigenvalue weighted by Crippen LogP contribution is 2.24. The van der Waals surface area contributed by atoms with Gasteiger partial charge in [0.15, 0.2) is 0 Å². The zero-order chi connectivity index (χ0) is 14.5. The van der Waals surface area contributed by atoms with Gasteiger partial charge in [-0.25, -0.2) is 4.68 Å². The molecule has 1 saturated heterocycles. The fourth-order valence-electron chi connectivity index (χ4n) is 2.66. The summed E-state index contributed by atoms with van der Waals surface area (Å²) in [7, 11) is 0. The van der Waals surface area contributed by atoms with Crippen LogP contribution in [0.5, 0.6) is 0 Å². The van der Waals surface area contributed by atoms with Crippen LogP contribution in [0, 0.1) is 0 Å². The minimum atomic E-state index is -0.181. The Hall–Kier alpha value is -1.07. The number of piperidine rings is 1. The molecule has 1 fully saturated rings. The van der Waals surface area contributed by atoms with Crippen molar-refractivity contribution in [1.82, 2.24) is 15.1 Å². The van der Waals surface area contributed by atoms with Crippen molar-refractivity contribution in [3.8, 4) is 0 Å². The fourth-order valence-corrected chi connectivity index (χ4v) is 2.93. The molecule has 1 N–H and O–H groups in total. The van der Waals surface area contributed by atoms with E-state index in [9.17, 15) is 4.79 Å². The molecule has 0 atom stereocenters. The molecule has 20 heavy (non-hydrogen) atoms. The third-order valence-electron chi connectivity index (χ3n) is 3.73. The summed E-state index contributed by atoms with van der Waals surface area (Å²) in [4.78, 5) is 14.3. The first-order valence-electron chi connectivity index (χ1n) is 7.41. The third-order valence-corrected chi connectivity index (χ3v) is 4.09. The monoisotopic (exact) mass is 298 g/mol. The molecule has 2 heterocycles. The van der Waals surface area contributed by atoms with Crippen LogP contribution in [0.1, 0.15) is 33.1 Å². The first kappa shape index (κ1) is 15.3. The molecule has 0 aromatic carbocycles. The van der Waals surface area contributed by atoms with Crippen molar-refractivity contribution in [1.29, 1.82) is 0 Å².